The maximum Gasteiger partial charge on any atom is 0.326 e. The van der Waals surface area contributed by atoms with Crippen LogP contribution in [-0.4, -0.2) is 31.8 Å². The highest BCUT2D eigenvalue weighted by Crippen LogP contribution is 2.20. The molecule has 1 aliphatic rings. The Morgan fingerprint density at radius 2 is 2.05 bits per heavy atom. The monoisotopic (exact) mass is 277 g/mol. The van der Waals surface area contributed by atoms with E-state index in [0.29, 0.717) is 12.6 Å². The standard InChI is InChI=1S/C16H23NO3/c1-3-4-12-5-9-14(10-6-12)20-11-15(16(18)19-2)17-13-7-8-13/h5-6,9-10,13,15,17H,3-4,7-8,11H2,1-2H3. The second-order valence-corrected chi connectivity index (χ2v) is 5.22. The summed E-state index contributed by atoms with van der Waals surface area (Å²) >= 11 is 0. The number of rotatable bonds is 8. The van der Waals surface area contributed by atoms with Gasteiger partial charge in [-0.1, -0.05) is 25.5 Å². The van der Waals surface area contributed by atoms with Gasteiger partial charge in [0.15, 0.2) is 0 Å². The normalized spacial score (nSPS) is 15.7. The van der Waals surface area contributed by atoms with Crippen LogP contribution in [0.3, 0.4) is 0 Å². The quantitative estimate of drug-likeness (QED) is 0.741. The molecule has 0 amide bonds. The first-order chi connectivity index (χ1) is 9.72. The van der Waals surface area contributed by atoms with Crippen LogP contribution in [0.15, 0.2) is 24.3 Å². The number of carbonyl (C=O) groups is 1. The molecule has 1 aromatic carbocycles. The lowest BCUT2D eigenvalue weighted by atomic mass is 10.1. The van der Waals surface area contributed by atoms with Gasteiger partial charge in [-0.05, 0) is 37.0 Å². The summed E-state index contributed by atoms with van der Waals surface area (Å²) in [6, 6.07) is 8.10. The molecule has 2 rings (SSSR count). The molecule has 1 fully saturated rings. The number of nitrogens with one attached hydrogen (secondary N) is 1. The Hall–Kier alpha value is -1.55. The molecule has 4 nitrogen and oxygen atoms in total. The van der Waals surface area contributed by atoms with Crippen LogP contribution in [-0.2, 0) is 16.0 Å². The Labute approximate surface area is 120 Å². The molecule has 1 N–H and O–H groups in total. The Morgan fingerprint density at radius 3 is 2.60 bits per heavy atom. The van der Waals surface area contributed by atoms with E-state index in [2.05, 4.69) is 24.4 Å². The highest BCUT2D eigenvalue weighted by Gasteiger charge is 2.29. The van der Waals surface area contributed by atoms with Gasteiger partial charge in [0.25, 0.3) is 0 Å². The van der Waals surface area contributed by atoms with Gasteiger partial charge in [0.05, 0.1) is 7.11 Å². The van der Waals surface area contributed by atoms with Crippen LogP contribution in [0.25, 0.3) is 0 Å². The van der Waals surface area contributed by atoms with Crippen molar-refractivity contribution in [3.8, 4) is 5.75 Å². The van der Waals surface area contributed by atoms with E-state index in [1.165, 1.54) is 12.7 Å². The molecule has 110 valence electrons. The van der Waals surface area contributed by atoms with Gasteiger partial charge in [0.1, 0.15) is 18.4 Å². The van der Waals surface area contributed by atoms with Gasteiger partial charge in [0.2, 0.25) is 0 Å². The zero-order valence-electron chi connectivity index (χ0n) is 12.2. The van der Waals surface area contributed by atoms with E-state index in [1.54, 1.807) is 0 Å². The fourth-order valence-electron chi connectivity index (χ4n) is 2.08. The third kappa shape index (κ3) is 4.53. The minimum Gasteiger partial charge on any atom is -0.491 e. The van der Waals surface area contributed by atoms with E-state index in [1.807, 2.05) is 12.1 Å². The maximum absolute atomic E-state index is 11.7. The second kappa shape index (κ2) is 7.29. The lowest BCUT2D eigenvalue weighted by Gasteiger charge is -2.17. The summed E-state index contributed by atoms with van der Waals surface area (Å²) in [5.74, 6) is 0.524. The number of hydrogen-bond acceptors (Lipinski definition) is 4. The average molecular weight is 277 g/mol. The fraction of sp³-hybridized carbons (Fsp3) is 0.562. The predicted molar refractivity (Wildman–Crippen MR) is 77.9 cm³/mol. The minimum atomic E-state index is -0.386. The SMILES string of the molecule is CCCc1ccc(OCC(NC2CC2)C(=O)OC)cc1. The molecule has 0 heterocycles. The lowest BCUT2D eigenvalue weighted by Crippen LogP contribution is -2.43. The number of hydrogen-bond donors (Lipinski definition) is 1. The first kappa shape index (κ1) is 14.9. The molecule has 1 unspecified atom stereocenters. The van der Waals surface area contributed by atoms with Crippen molar-refractivity contribution in [1.29, 1.82) is 0 Å². The smallest absolute Gasteiger partial charge is 0.326 e. The molecule has 1 aromatic rings. The van der Waals surface area contributed by atoms with E-state index in [4.69, 9.17) is 9.47 Å². The Kier molecular flexibility index (Phi) is 5.41. The molecule has 4 heteroatoms. The van der Waals surface area contributed by atoms with Crippen LogP contribution in [0.5, 0.6) is 5.75 Å². The first-order valence-corrected chi connectivity index (χ1v) is 7.28. The van der Waals surface area contributed by atoms with Crippen LogP contribution in [0.4, 0.5) is 0 Å². The van der Waals surface area contributed by atoms with Gasteiger partial charge < -0.3 is 9.47 Å². The molecular formula is C16H23NO3. The summed E-state index contributed by atoms with van der Waals surface area (Å²) in [5, 5.41) is 3.24. The van der Waals surface area contributed by atoms with Crippen molar-refractivity contribution in [2.75, 3.05) is 13.7 Å². The highest BCUT2D eigenvalue weighted by molar-refractivity contribution is 5.75. The summed E-state index contributed by atoms with van der Waals surface area (Å²) in [4.78, 5) is 11.7. The van der Waals surface area contributed by atoms with Gasteiger partial charge in [-0.15, -0.1) is 0 Å². The lowest BCUT2D eigenvalue weighted by molar-refractivity contribution is -0.144. The molecule has 0 aromatic heterocycles. The van der Waals surface area contributed by atoms with Crippen molar-refractivity contribution in [3.05, 3.63) is 29.8 Å². The number of carbonyl (C=O) groups excluding carboxylic acids is 1. The molecule has 20 heavy (non-hydrogen) atoms. The second-order valence-electron chi connectivity index (χ2n) is 5.22. The van der Waals surface area contributed by atoms with Gasteiger partial charge in [-0.2, -0.15) is 0 Å². The Morgan fingerprint density at radius 1 is 1.35 bits per heavy atom. The zero-order valence-corrected chi connectivity index (χ0v) is 12.2. The number of benzene rings is 1. The predicted octanol–water partition coefficient (Wildman–Crippen LogP) is 2.31. The van der Waals surface area contributed by atoms with Gasteiger partial charge in [-0.25, -0.2) is 0 Å². The molecule has 0 aliphatic heterocycles. The largest absolute Gasteiger partial charge is 0.491 e. The van der Waals surface area contributed by atoms with Crippen molar-refractivity contribution < 1.29 is 14.3 Å². The molecule has 1 atom stereocenters. The van der Waals surface area contributed by atoms with Gasteiger partial charge in [-0.3, -0.25) is 10.1 Å². The van der Waals surface area contributed by atoms with Gasteiger partial charge >= 0.3 is 5.97 Å². The van der Waals surface area contributed by atoms with Crippen LogP contribution in [0.1, 0.15) is 31.7 Å². The van der Waals surface area contributed by atoms with E-state index in [-0.39, 0.29) is 12.0 Å². The fourth-order valence-corrected chi connectivity index (χ4v) is 2.08. The zero-order chi connectivity index (χ0) is 14.4. The van der Waals surface area contributed by atoms with Crippen molar-refractivity contribution in [3.63, 3.8) is 0 Å². The van der Waals surface area contributed by atoms with Crippen molar-refractivity contribution in [2.24, 2.45) is 0 Å². The molecular weight excluding hydrogens is 254 g/mol. The number of methoxy groups -OCH3 is 1. The Balaban J connectivity index is 1.85. The maximum atomic E-state index is 11.7. The van der Waals surface area contributed by atoms with E-state index < -0.39 is 0 Å². The molecule has 1 saturated carbocycles. The van der Waals surface area contributed by atoms with E-state index >= 15 is 0 Å². The van der Waals surface area contributed by atoms with Gasteiger partial charge in [0, 0.05) is 6.04 Å². The van der Waals surface area contributed by atoms with Crippen LogP contribution in [0.2, 0.25) is 0 Å². The molecule has 0 saturated heterocycles. The highest BCUT2D eigenvalue weighted by atomic mass is 16.5. The summed E-state index contributed by atoms with van der Waals surface area (Å²) < 4.78 is 10.5. The number of ether oxygens (including phenoxy) is 2. The summed E-state index contributed by atoms with van der Waals surface area (Å²) in [6.07, 6.45) is 4.46. The summed E-state index contributed by atoms with van der Waals surface area (Å²) in [7, 11) is 1.41. The average Bonchev–Trinajstić information content (AvgIpc) is 3.28. The summed E-state index contributed by atoms with van der Waals surface area (Å²) in [6.45, 7) is 2.46. The number of aryl methyl sites for hydroxylation is 1. The summed E-state index contributed by atoms with van der Waals surface area (Å²) in [5.41, 5.74) is 1.31. The van der Waals surface area contributed by atoms with Crippen molar-refractivity contribution in [2.45, 2.75) is 44.7 Å². The van der Waals surface area contributed by atoms with E-state index in [9.17, 15) is 4.79 Å². The van der Waals surface area contributed by atoms with Crippen LogP contribution in [0, 0.1) is 0 Å². The van der Waals surface area contributed by atoms with Crippen LogP contribution >= 0.6 is 0 Å². The minimum absolute atomic E-state index is 0.264. The topological polar surface area (TPSA) is 47.6 Å². The van der Waals surface area contributed by atoms with Crippen LogP contribution < -0.4 is 10.1 Å². The third-order valence-corrected chi connectivity index (χ3v) is 3.38. The van der Waals surface area contributed by atoms with Crippen molar-refractivity contribution in [1.82, 2.24) is 5.32 Å². The number of esters is 1. The molecule has 0 spiro atoms. The van der Waals surface area contributed by atoms with Crippen molar-refractivity contribution >= 4 is 5.97 Å². The molecule has 1 aliphatic carbocycles. The first-order valence-electron chi connectivity index (χ1n) is 7.28. The Bertz CT molecular complexity index is 426. The molecule has 0 radical (unpaired) electrons. The molecule has 0 bridgehead atoms. The van der Waals surface area contributed by atoms with E-state index in [0.717, 1.165) is 31.4 Å². The third-order valence-electron chi connectivity index (χ3n) is 3.38.